The van der Waals surface area contributed by atoms with Gasteiger partial charge in [-0.1, -0.05) is 0 Å². The van der Waals surface area contributed by atoms with Crippen LogP contribution in [-0.4, -0.2) is 48.5 Å². The minimum Gasteiger partial charge on any atom is -0.379 e. The molecule has 7 nitrogen and oxygen atoms in total. The van der Waals surface area contributed by atoms with E-state index in [1.807, 2.05) is 7.05 Å². The average molecular weight is 411 g/mol. The molecular formula is C16H22ClF3N4O3. The van der Waals surface area contributed by atoms with E-state index in [9.17, 15) is 28.1 Å². The number of nitrogens with one attached hydrogen (secondary N) is 2. The fourth-order valence-corrected chi connectivity index (χ4v) is 2.91. The van der Waals surface area contributed by atoms with Crippen molar-refractivity contribution >= 4 is 29.7 Å². The predicted octanol–water partition coefficient (Wildman–Crippen LogP) is 3.05. The van der Waals surface area contributed by atoms with Gasteiger partial charge in [-0.2, -0.15) is 13.2 Å². The van der Waals surface area contributed by atoms with Crippen LogP contribution in [0.5, 0.6) is 0 Å². The molecule has 0 aliphatic carbocycles. The van der Waals surface area contributed by atoms with Crippen LogP contribution < -0.4 is 10.6 Å². The molecule has 1 saturated heterocycles. The van der Waals surface area contributed by atoms with Crippen LogP contribution in [0.2, 0.25) is 0 Å². The summed E-state index contributed by atoms with van der Waals surface area (Å²) in [4.78, 5) is 24.1. The Labute approximate surface area is 160 Å². The molecule has 0 spiro atoms. The summed E-state index contributed by atoms with van der Waals surface area (Å²) in [7, 11) is 1.84. The van der Waals surface area contributed by atoms with Crippen LogP contribution in [0.1, 0.15) is 24.8 Å². The summed E-state index contributed by atoms with van der Waals surface area (Å²) in [6.45, 7) is 1.37. The number of alkyl halides is 3. The zero-order valence-corrected chi connectivity index (χ0v) is 15.5. The zero-order valence-electron chi connectivity index (χ0n) is 14.7. The number of likely N-dealkylation sites (N-methyl/N-ethyl adjacent to an activating group) is 1. The number of anilines is 1. The third kappa shape index (κ3) is 6.24. The van der Waals surface area contributed by atoms with Crippen LogP contribution in [0, 0.1) is 10.1 Å². The van der Waals surface area contributed by atoms with E-state index in [2.05, 4.69) is 10.6 Å². The number of piperidine rings is 1. The van der Waals surface area contributed by atoms with E-state index in [0.29, 0.717) is 19.2 Å². The van der Waals surface area contributed by atoms with Gasteiger partial charge >= 0.3 is 6.18 Å². The number of likely N-dealkylation sites (tertiary alicyclic amines) is 1. The van der Waals surface area contributed by atoms with Crippen molar-refractivity contribution in [2.45, 2.75) is 31.5 Å². The van der Waals surface area contributed by atoms with Gasteiger partial charge in [0, 0.05) is 38.2 Å². The third-order valence-electron chi connectivity index (χ3n) is 4.36. The quantitative estimate of drug-likeness (QED) is 0.556. The van der Waals surface area contributed by atoms with Gasteiger partial charge in [-0.05, 0) is 32.0 Å². The van der Waals surface area contributed by atoms with Crippen molar-refractivity contribution in [3.05, 3.63) is 33.9 Å². The highest BCUT2D eigenvalue weighted by Crippen LogP contribution is 2.34. The number of rotatable bonds is 6. The maximum Gasteiger partial charge on any atom is 0.416 e. The molecule has 1 aliphatic heterocycles. The Bertz CT molecular complexity index is 673. The zero-order chi connectivity index (χ0) is 19.3. The molecule has 152 valence electrons. The predicted molar refractivity (Wildman–Crippen MR) is 97.1 cm³/mol. The molecule has 1 aromatic rings. The number of amides is 1. The van der Waals surface area contributed by atoms with Gasteiger partial charge in [-0.3, -0.25) is 14.9 Å². The molecule has 1 unspecified atom stereocenters. The highest BCUT2D eigenvalue weighted by atomic mass is 35.5. The van der Waals surface area contributed by atoms with Crippen molar-refractivity contribution in [2.75, 3.05) is 32.0 Å². The Morgan fingerprint density at radius 2 is 2.11 bits per heavy atom. The summed E-state index contributed by atoms with van der Waals surface area (Å²) < 4.78 is 38.1. The van der Waals surface area contributed by atoms with Crippen LogP contribution in [0.3, 0.4) is 0 Å². The highest BCUT2D eigenvalue weighted by Gasteiger charge is 2.33. The van der Waals surface area contributed by atoms with Crippen LogP contribution in [0.4, 0.5) is 24.5 Å². The van der Waals surface area contributed by atoms with Crippen LogP contribution in [-0.2, 0) is 11.0 Å². The van der Waals surface area contributed by atoms with Gasteiger partial charge in [0.2, 0.25) is 5.91 Å². The average Bonchev–Trinajstić information content (AvgIpc) is 2.60. The molecule has 1 fully saturated rings. The molecule has 1 heterocycles. The van der Waals surface area contributed by atoms with Crippen molar-refractivity contribution < 1.29 is 22.9 Å². The first-order chi connectivity index (χ1) is 12.2. The molecule has 1 amide bonds. The molecule has 0 radical (unpaired) electrons. The molecule has 2 rings (SSSR count). The number of nitro groups is 1. The molecule has 0 saturated carbocycles. The number of benzene rings is 1. The second kappa shape index (κ2) is 9.75. The summed E-state index contributed by atoms with van der Waals surface area (Å²) in [5.74, 6) is -0.0907. The van der Waals surface area contributed by atoms with Crippen molar-refractivity contribution in [2.24, 2.45) is 0 Å². The van der Waals surface area contributed by atoms with E-state index in [0.717, 1.165) is 25.0 Å². The van der Waals surface area contributed by atoms with E-state index < -0.39 is 22.4 Å². The second-order valence-electron chi connectivity index (χ2n) is 6.13. The topological polar surface area (TPSA) is 87.5 Å². The number of halogens is 4. The lowest BCUT2D eigenvalue weighted by Crippen LogP contribution is -2.47. The third-order valence-corrected chi connectivity index (χ3v) is 4.36. The molecule has 1 aromatic carbocycles. The minimum absolute atomic E-state index is 0. The standard InChI is InChI=1S/C16H21F3N4O3.ClH/c1-20-12-3-2-8-22(10-12)15(24)6-7-21-13-5-4-11(16(17,18)19)9-14(13)23(25)26;/h4-5,9,12,20-21H,2-3,6-8,10H2,1H3;1H. The summed E-state index contributed by atoms with van der Waals surface area (Å²) >= 11 is 0. The largest absolute Gasteiger partial charge is 0.416 e. The van der Waals surface area contributed by atoms with Gasteiger partial charge < -0.3 is 15.5 Å². The minimum atomic E-state index is -4.66. The Morgan fingerprint density at radius 3 is 2.70 bits per heavy atom. The molecule has 27 heavy (non-hydrogen) atoms. The van der Waals surface area contributed by atoms with E-state index in [1.165, 1.54) is 0 Å². The van der Waals surface area contributed by atoms with Crippen LogP contribution in [0.15, 0.2) is 18.2 Å². The van der Waals surface area contributed by atoms with Crippen molar-refractivity contribution in [3.63, 3.8) is 0 Å². The SMILES string of the molecule is CNC1CCCN(C(=O)CCNc2ccc(C(F)(F)F)cc2[N+](=O)[O-])C1.Cl. The van der Waals surface area contributed by atoms with Crippen molar-refractivity contribution in [3.8, 4) is 0 Å². The van der Waals surface area contributed by atoms with Crippen LogP contribution >= 0.6 is 12.4 Å². The molecule has 11 heteroatoms. The monoisotopic (exact) mass is 410 g/mol. The Morgan fingerprint density at radius 1 is 1.41 bits per heavy atom. The number of nitro benzene ring substituents is 1. The normalized spacial score (nSPS) is 17.2. The molecule has 2 N–H and O–H groups in total. The fraction of sp³-hybridized carbons (Fsp3) is 0.562. The summed E-state index contributed by atoms with van der Waals surface area (Å²) in [5.41, 5.74) is -1.79. The summed E-state index contributed by atoms with van der Waals surface area (Å²) in [5, 5.41) is 16.9. The van der Waals surface area contributed by atoms with Crippen molar-refractivity contribution in [1.82, 2.24) is 10.2 Å². The fourth-order valence-electron chi connectivity index (χ4n) is 2.91. The Balaban J connectivity index is 0.00000364. The molecule has 0 bridgehead atoms. The first-order valence-corrected chi connectivity index (χ1v) is 8.27. The van der Waals surface area contributed by atoms with Gasteiger partial charge in [-0.25, -0.2) is 0 Å². The molecular weight excluding hydrogens is 389 g/mol. The Kier molecular flexibility index (Phi) is 8.29. The van der Waals surface area contributed by atoms with E-state index >= 15 is 0 Å². The van der Waals surface area contributed by atoms with Crippen molar-refractivity contribution in [1.29, 1.82) is 0 Å². The van der Waals surface area contributed by atoms with Gasteiger partial charge in [0.05, 0.1) is 10.5 Å². The van der Waals surface area contributed by atoms with E-state index in [-0.39, 0.29) is 43.0 Å². The molecule has 1 atom stereocenters. The van der Waals surface area contributed by atoms with Gasteiger partial charge in [0.25, 0.3) is 5.69 Å². The molecule has 0 aromatic heterocycles. The maximum absolute atomic E-state index is 12.7. The number of carbonyl (C=O) groups is 1. The summed E-state index contributed by atoms with van der Waals surface area (Å²) in [6.07, 6.45) is -2.66. The Hall–Kier alpha value is -2.07. The first kappa shape index (κ1) is 23.0. The lowest BCUT2D eigenvalue weighted by atomic mass is 10.1. The molecule has 1 aliphatic rings. The van der Waals surface area contributed by atoms with Crippen LogP contribution in [0.25, 0.3) is 0 Å². The lowest BCUT2D eigenvalue weighted by molar-refractivity contribution is -0.384. The number of carbonyl (C=O) groups excluding carboxylic acids is 1. The van der Waals surface area contributed by atoms with E-state index in [4.69, 9.17) is 0 Å². The second-order valence-corrected chi connectivity index (χ2v) is 6.13. The van der Waals surface area contributed by atoms with Gasteiger partial charge in [0.15, 0.2) is 0 Å². The smallest absolute Gasteiger partial charge is 0.379 e. The van der Waals surface area contributed by atoms with E-state index in [1.54, 1.807) is 4.90 Å². The number of hydrogen-bond donors (Lipinski definition) is 2. The van der Waals surface area contributed by atoms with Gasteiger partial charge in [-0.15, -0.1) is 12.4 Å². The number of hydrogen-bond acceptors (Lipinski definition) is 5. The first-order valence-electron chi connectivity index (χ1n) is 8.27. The highest BCUT2D eigenvalue weighted by molar-refractivity contribution is 5.85. The number of nitrogens with zero attached hydrogens (tertiary/aromatic N) is 2. The lowest BCUT2D eigenvalue weighted by Gasteiger charge is -2.32. The maximum atomic E-state index is 12.7. The summed E-state index contributed by atoms with van der Waals surface area (Å²) in [6, 6.07) is 2.53. The van der Waals surface area contributed by atoms with Gasteiger partial charge in [0.1, 0.15) is 5.69 Å².